The molecule has 8 heteroatoms. The van der Waals surface area contributed by atoms with Crippen molar-refractivity contribution >= 4 is 40.9 Å². The summed E-state index contributed by atoms with van der Waals surface area (Å²) in [4.78, 5) is 25.2. The Balaban J connectivity index is 2.08. The van der Waals surface area contributed by atoms with Crippen LogP contribution in [0.5, 0.6) is 11.5 Å². The largest absolute Gasteiger partial charge is 0.493 e. The Hall–Kier alpha value is -2.38. The Kier molecular flexibility index (Phi) is 7.15. The number of anilines is 1. The first-order chi connectivity index (χ1) is 14.3. The van der Waals surface area contributed by atoms with Gasteiger partial charge in [0.15, 0.2) is 11.5 Å². The van der Waals surface area contributed by atoms with Crippen LogP contribution in [0.25, 0.3) is 0 Å². The minimum absolute atomic E-state index is 0.0425. The predicted molar refractivity (Wildman–Crippen MR) is 119 cm³/mol. The summed E-state index contributed by atoms with van der Waals surface area (Å²) in [7, 11) is 3.14. The molecular weight excluding hydrogens is 426 g/mol. The number of hydrogen-bond acceptors (Lipinski definition) is 6. The average molecular weight is 450 g/mol. The van der Waals surface area contributed by atoms with E-state index in [1.54, 1.807) is 40.2 Å². The minimum atomic E-state index is -0.650. The van der Waals surface area contributed by atoms with E-state index in [4.69, 9.17) is 25.8 Å². The van der Waals surface area contributed by atoms with Gasteiger partial charge in [-0.25, -0.2) is 0 Å². The van der Waals surface area contributed by atoms with Gasteiger partial charge in [0.1, 0.15) is 0 Å². The molecule has 0 saturated carbocycles. The number of ether oxygens (including phenoxy) is 3. The average Bonchev–Trinajstić information content (AvgIpc) is 2.83. The molecule has 0 spiro atoms. The quantitative estimate of drug-likeness (QED) is 0.636. The molecule has 2 aromatic carbocycles. The lowest BCUT2D eigenvalue weighted by molar-refractivity contribution is -0.148. The van der Waals surface area contributed by atoms with Crippen molar-refractivity contribution in [1.29, 1.82) is 0 Å². The number of para-hydroxylation sites is 1. The zero-order valence-corrected chi connectivity index (χ0v) is 18.8. The number of halogens is 1. The van der Waals surface area contributed by atoms with Crippen molar-refractivity contribution in [3.8, 4) is 11.5 Å². The van der Waals surface area contributed by atoms with Crippen LogP contribution in [0.1, 0.15) is 36.6 Å². The van der Waals surface area contributed by atoms with Gasteiger partial charge in [-0.05, 0) is 43.7 Å². The minimum Gasteiger partial charge on any atom is -0.493 e. The van der Waals surface area contributed by atoms with Gasteiger partial charge in [-0.15, -0.1) is 11.8 Å². The van der Waals surface area contributed by atoms with Crippen molar-refractivity contribution in [2.75, 3.05) is 19.5 Å². The number of rotatable bonds is 6. The Morgan fingerprint density at radius 1 is 1.17 bits per heavy atom. The molecule has 1 heterocycles. The van der Waals surface area contributed by atoms with E-state index < -0.39 is 11.2 Å². The maximum Gasteiger partial charge on any atom is 0.307 e. The molecule has 30 heavy (non-hydrogen) atoms. The zero-order chi connectivity index (χ0) is 21.8. The molecule has 1 N–H and O–H groups in total. The van der Waals surface area contributed by atoms with Crippen LogP contribution < -0.4 is 14.8 Å². The Morgan fingerprint density at radius 2 is 1.93 bits per heavy atom. The van der Waals surface area contributed by atoms with Crippen molar-refractivity contribution in [2.24, 2.45) is 0 Å². The van der Waals surface area contributed by atoms with Crippen LogP contribution >= 0.6 is 23.4 Å². The van der Waals surface area contributed by atoms with E-state index in [0.29, 0.717) is 22.2 Å². The number of fused-ring (bicyclic) bond motifs is 1. The summed E-state index contributed by atoms with van der Waals surface area (Å²) in [5.74, 6) is 0.478. The van der Waals surface area contributed by atoms with Gasteiger partial charge in [0, 0.05) is 16.3 Å². The van der Waals surface area contributed by atoms with Gasteiger partial charge in [-0.2, -0.15) is 0 Å². The molecule has 0 radical (unpaired) electrons. The topological polar surface area (TPSA) is 73.9 Å². The fourth-order valence-electron chi connectivity index (χ4n) is 3.34. The first kappa shape index (κ1) is 22.3. The summed E-state index contributed by atoms with van der Waals surface area (Å²) in [5.41, 5.74) is 2.29. The van der Waals surface area contributed by atoms with Crippen LogP contribution in [0.15, 0.2) is 36.4 Å². The highest BCUT2D eigenvalue weighted by atomic mass is 35.5. The fourth-order valence-corrected chi connectivity index (χ4v) is 4.94. The second-order valence-electron chi connectivity index (χ2n) is 7.05. The highest BCUT2D eigenvalue weighted by molar-refractivity contribution is 8.01. The van der Waals surface area contributed by atoms with Gasteiger partial charge >= 0.3 is 5.97 Å². The number of esters is 1. The van der Waals surface area contributed by atoms with E-state index in [-0.39, 0.29) is 23.7 Å². The second kappa shape index (κ2) is 9.62. The van der Waals surface area contributed by atoms with Gasteiger partial charge in [-0.1, -0.05) is 23.7 Å². The first-order valence-corrected chi connectivity index (χ1v) is 10.8. The molecule has 0 saturated heterocycles. The van der Waals surface area contributed by atoms with Crippen LogP contribution in [0, 0.1) is 0 Å². The standard InChI is InChI=1S/C22H24ClNO5S/c1-12(2)29-19(25)11-18-22(26)24-16-9-8-13(23)10-15(16)21(30-18)14-6-5-7-17(27-3)20(14)28-4/h5-10,12,18,21H,11H2,1-4H3,(H,24,26). The number of nitrogens with one attached hydrogen (secondary N) is 1. The molecule has 0 aliphatic carbocycles. The van der Waals surface area contributed by atoms with Gasteiger partial charge in [0.05, 0.1) is 37.2 Å². The summed E-state index contributed by atoms with van der Waals surface area (Å²) in [6, 6.07) is 10.9. The summed E-state index contributed by atoms with van der Waals surface area (Å²) >= 11 is 7.64. The normalized spacial score (nSPS) is 18.3. The molecule has 1 aliphatic heterocycles. The van der Waals surface area contributed by atoms with Gasteiger partial charge in [0.25, 0.3) is 0 Å². The SMILES string of the molecule is COc1cccc(C2SC(CC(=O)OC(C)C)C(=O)Nc3ccc(Cl)cc32)c1OC. The van der Waals surface area contributed by atoms with Gasteiger partial charge < -0.3 is 19.5 Å². The summed E-state index contributed by atoms with van der Waals surface area (Å²) in [5, 5.41) is 2.51. The molecule has 2 atom stereocenters. The number of methoxy groups -OCH3 is 2. The number of benzene rings is 2. The van der Waals surface area contributed by atoms with Crippen molar-refractivity contribution in [3.63, 3.8) is 0 Å². The Morgan fingerprint density at radius 3 is 2.60 bits per heavy atom. The molecule has 0 aromatic heterocycles. The summed E-state index contributed by atoms with van der Waals surface area (Å²) in [6.07, 6.45) is -0.291. The third-order valence-corrected chi connectivity index (χ3v) is 6.31. The van der Waals surface area contributed by atoms with E-state index >= 15 is 0 Å². The van der Waals surface area contributed by atoms with Crippen LogP contribution in [0.2, 0.25) is 5.02 Å². The van der Waals surface area contributed by atoms with E-state index in [1.165, 1.54) is 11.8 Å². The molecule has 6 nitrogen and oxygen atoms in total. The number of thioether (sulfide) groups is 1. The van der Waals surface area contributed by atoms with E-state index in [2.05, 4.69) is 5.32 Å². The molecule has 0 bridgehead atoms. The lowest BCUT2D eigenvalue weighted by Crippen LogP contribution is -2.28. The van der Waals surface area contributed by atoms with Crippen LogP contribution in [-0.4, -0.2) is 37.4 Å². The van der Waals surface area contributed by atoms with Crippen molar-refractivity contribution in [1.82, 2.24) is 0 Å². The fraction of sp³-hybridized carbons (Fsp3) is 0.364. The molecule has 1 amide bonds. The van der Waals surface area contributed by atoms with E-state index in [0.717, 1.165) is 11.1 Å². The molecule has 2 unspecified atom stereocenters. The maximum absolute atomic E-state index is 12.9. The predicted octanol–water partition coefficient (Wildman–Crippen LogP) is 4.84. The molecule has 1 aliphatic rings. The van der Waals surface area contributed by atoms with Crippen molar-refractivity contribution < 1.29 is 23.8 Å². The highest BCUT2D eigenvalue weighted by Crippen LogP contribution is 2.50. The lowest BCUT2D eigenvalue weighted by Gasteiger charge is -2.23. The van der Waals surface area contributed by atoms with E-state index in [1.807, 2.05) is 24.3 Å². The van der Waals surface area contributed by atoms with Gasteiger partial charge in [-0.3, -0.25) is 9.59 Å². The molecule has 2 aromatic rings. The lowest BCUT2D eigenvalue weighted by atomic mass is 10.0. The Labute approximate surface area is 185 Å². The monoisotopic (exact) mass is 449 g/mol. The molecular formula is C22H24ClNO5S. The van der Waals surface area contributed by atoms with Gasteiger partial charge in [0.2, 0.25) is 5.91 Å². The third-order valence-electron chi connectivity index (χ3n) is 4.58. The molecule has 0 fully saturated rings. The van der Waals surface area contributed by atoms with Crippen molar-refractivity contribution in [3.05, 3.63) is 52.5 Å². The van der Waals surface area contributed by atoms with Crippen LogP contribution in [0.3, 0.4) is 0 Å². The smallest absolute Gasteiger partial charge is 0.307 e. The van der Waals surface area contributed by atoms with Crippen LogP contribution in [-0.2, 0) is 14.3 Å². The third kappa shape index (κ3) is 4.84. The molecule has 160 valence electrons. The number of amides is 1. The number of carbonyl (C=O) groups is 2. The summed E-state index contributed by atoms with van der Waals surface area (Å²) < 4.78 is 16.3. The van der Waals surface area contributed by atoms with E-state index in [9.17, 15) is 9.59 Å². The maximum atomic E-state index is 12.9. The second-order valence-corrected chi connectivity index (χ2v) is 8.80. The van der Waals surface area contributed by atoms with Crippen LogP contribution in [0.4, 0.5) is 5.69 Å². The Bertz CT molecular complexity index is 949. The van der Waals surface area contributed by atoms with Crippen molar-refractivity contribution in [2.45, 2.75) is 36.9 Å². The number of hydrogen-bond donors (Lipinski definition) is 1. The summed E-state index contributed by atoms with van der Waals surface area (Å²) in [6.45, 7) is 3.56. The molecule has 3 rings (SSSR count). The first-order valence-electron chi connectivity index (χ1n) is 9.50. The highest BCUT2D eigenvalue weighted by Gasteiger charge is 2.35. The zero-order valence-electron chi connectivity index (χ0n) is 17.2. The number of carbonyl (C=O) groups excluding carboxylic acids is 2.